The van der Waals surface area contributed by atoms with Gasteiger partial charge in [0.2, 0.25) is 0 Å². The van der Waals surface area contributed by atoms with Crippen LogP contribution in [0.5, 0.6) is 0 Å². The van der Waals surface area contributed by atoms with Crippen molar-refractivity contribution in [3.63, 3.8) is 0 Å². The zero-order valence-corrected chi connectivity index (χ0v) is 18.5. The predicted molar refractivity (Wildman–Crippen MR) is 122 cm³/mol. The van der Waals surface area contributed by atoms with Gasteiger partial charge >= 0.3 is 0 Å². The van der Waals surface area contributed by atoms with Crippen LogP contribution in [0.25, 0.3) is 6.08 Å². The van der Waals surface area contributed by atoms with Crippen molar-refractivity contribution in [1.82, 2.24) is 9.47 Å². The Morgan fingerprint density at radius 3 is 2.42 bits per heavy atom. The SMILES string of the molecule is O=C1S/C(=C/c2cccn2Cc2ccccc2[N+](=O)[O-])C(=O)N1Cc1ccccc1Br. The molecule has 9 heteroatoms. The van der Waals surface area contributed by atoms with Crippen molar-refractivity contribution in [3.05, 3.63) is 103 Å². The van der Waals surface area contributed by atoms with Crippen molar-refractivity contribution < 1.29 is 14.5 Å². The maximum atomic E-state index is 12.9. The van der Waals surface area contributed by atoms with Gasteiger partial charge in [0.1, 0.15) is 0 Å². The number of amides is 2. The molecule has 2 heterocycles. The quantitative estimate of drug-likeness (QED) is 0.257. The highest BCUT2D eigenvalue weighted by Gasteiger charge is 2.35. The van der Waals surface area contributed by atoms with Crippen molar-refractivity contribution in [1.29, 1.82) is 0 Å². The minimum atomic E-state index is -0.411. The number of hydrogen-bond acceptors (Lipinski definition) is 5. The van der Waals surface area contributed by atoms with E-state index in [1.165, 1.54) is 11.0 Å². The summed E-state index contributed by atoms with van der Waals surface area (Å²) in [6.45, 7) is 0.456. The molecule has 2 amide bonds. The molecule has 3 aromatic rings. The number of benzene rings is 2. The zero-order chi connectivity index (χ0) is 22.0. The number of thioether (sulfide) groups is 1. The smallest absolute Gasteiger partial charge is 0.293 e. The van der Waals surface area contributed by atoms with Crippen LogP contribution in [-0.4, -0.2) is 25.5 Å². The number of rotatable bonds is 6. The molecule has 0 bridgehead atoms. The van der Waals surface area contributed by atoms with E-state index >= 15 is 0 Å². The van der Waals surface area contributed by atoms with Gasteiger partial charge in [0.15, 0.2) is 0 Å². The number of para-hydroxylation sites is 1. The fourth-order valence-electron chi connectivity index (χ4n) is 3.28. The van der Waals surface area contributed by atoms with E-state index in [0.29, 0.717) is 16.2 Å². The van der Waals surface area contributed by atoms with Crippen LogP contribution in [0.4, 0.5) is 10.5 Å². The Labute approximate surface area is 190 Å². The van der Waals surface area contributed by atoms with E-state index in [1.807, 2.05) is 28.8 Å². The molecule has 7 nitrogen and oxygen atoms in total. The van der Waals surface area contributed by atoms with E-state index in [1.54, 1.807) is 42.6 Å². The lowest BCUT2D eigenvalue weighted by molar-refractivity contribution is -0.385. The molecular formula is C22H16BrN3O4S. The third kappa shape index (κ3) is 4.47. The Balaban J connectivity index is 1.57. The summed E-state index contributed by atoms with van der Waals surface area (Å²) in [5, 5.41) is 11.0. The first-order chi connectivity index (χ1) is 14.9. The molecule has 1 fully saturated rings. The summed E-state index contributed by atoms with van der Waals surface area (Å²) in [7, 11) is 0. The zero-order valence-electron chi connectivity index (χ0n) is 16.1. The van der Waals surface area contributed by atoms with Gasteiger partial charge < -0.3 is 4.57 Å². The fourth-order valence-corrected chi connectivity index (χ4v) is 4.51. The number of nitro benzene ring substituents is 1. The van der Waals surface area contributed by atoms with Crippen LogP contribution in [0.2, 0.25) is 0 Å². The minimum Gasteiger partial charge on any atom is -0.343 e. The highest BCUT2D eigenvalue weighted by atomic mass is 79.9. The van der Waals surface area contributed by atoms with E-state index in [9.17, 15) is 19.7 Å². The number of carbonyl (C=O) groups is 2. The summed E-state index contributed by atoms with van der Waals surface area (Å²) >= 11 is 4.33. The van der Waals surface area contributed by atoms with Gasteiger partial charge in [0, 0.05) is 28.0 Å². The third-order valence-electron chi connectivity index (χ3n) is 4.83. The van der Waals surface area contributed by atoms with Crippen molar-refractivity contribution in [3.8, 4) is 0 Å². The maximum Gasteiger partial charge on any atom is 0.293 e. The lowest BCUT2D eigenvalue weighted by Gasteiger charge is -2.13. The summed E-state index contributed by atoms with van der Waals surface area (Å²) in [6, 6.07) is 17.6. The van der Waals surface area contributed by atoms with Crippen LogP contribution >= 0.6 is 27.7 Å². The molecular weight excluding hydrogens is 482 g/mol. The number of halogens is 1. The molecule has 4 rings (SSSR count). The second kappa shape index (κ2) is 8.91. The van der Waals surface area contributed by atoms with E-state index in [0.717, 1.165) is 21.8 Å². The third-order valence-corrected chi connectivity index (χ3v) is 6.51. The van der Waals surface area contributed by atoms with Crippen LogP contribution in [0.3, 0.4) is 0 Å². The Bertz CT molecular complexity index is 1220. The summed E-state index contributed by atoms with van der Waals surface area (Å²) in [4.78, 5) is 37.8. The Kier molecular flexibility index (Phi) is 6.06. The van der Waals surface area contributed by atoms with E-state index < -0.39 is 4.92 Å². The number of nitrogens with zero attached hydrogens (tertiary/aromatic N) is 3. The van der Waals surface area contributed by atoms with Gasteiger partial charge in [-0.15, -0.1) is 0 Å². The monoisotopic (exact) mass is 497 g/mol. The number of nitro groups is 1. The van der Waals surface area contributed by atoms with Gasteiger partial charge in [-0.05, 0) is 41.6 Å². The summed E-state index contributed by atoms with van der Waals surface area (Å²) in [5.41, 5.74) is 2.12. The first-order valence-corrected chi connectivity index (χ1v) is 10.9. The van der Waals surface area contributed by atoms with E-state index in [-0.39, 0.29) is 29.9 Å². The molecule has 0 aliphatic carbocycles. The lowest BCUT2D eigenvalue weighted by atomic mass is 10.2. The fraction of sp³-hybridized carbons (Fsp3) is 0.0909. The number of aromatic nitrogens is 1. The highest BCUT2D eigenvalue weighted by molar-refractivity contribution is 9.10. The first kappa shape index (κ1) is 21.1. The van der Waals surface area contributed by atoms with Gasteiger partial charge in [-0.2, -0.15) is 0 Å². The topological polar surface area (TPSA) is 85.5 Å². The normalized spacial score (nSPS) is 15.1. The number of hydrogen-bond donors (Lipinski definition) is 0. The van der Waals surface area contributed by atoms with Crippen molar-refractivity contribution in [2.24, 2.45) is 0 Å². The average molecular weight is 498 g/mol. The highest BCUT2D eigenvalue weighted by Crippen LogP contribution is 2.34. The Hall–Kier alpha value is -3.17. The lowest BCUT2D eigenvalue weighted by Crippen LogP contribution is -2.27. The molecule has 0 unspecified atom stereocenters. The van der Waals surface area contributed by atoms with Crippen LogP contribution < -0.4 is 0 Å². The van der Waals surface area contributed by atoms with E-state index in [4.69, 9.17) is 0 Å². The van der Waals surface area contributed by atoms with Crippen LogP contribution in [0.15, 0.2) is 76.2 Å². The molecule has 1 saturated heterocycles. The number of imide groups is 1. The van der Waals surface area contributed by atoms with Gasteiger partial charge in [0.25, 0.3) is 16.8 Å². The number of carbonyl (C=O) groups excluding carboxylic acids is 2. The van der Waals surface area contributed by atoms with Crippen LogP contribution in [-0.2, 0) is 17.9 Å². The first-order valence-electron chi connectivity index (χ1n) is 9.30. The van der Waals surface area contributed by atoms with Gasteiger partial charge in [-0.3, -0.25) is 24.6 Å². The second-order valence-corrected chi connectivity index (χ2v) is 8.65. The van der Waals surface area contributed by atoms with Crippen LogP contribution in [0, 0.1) is 10.1 Å². The molecule has 0 N–H and O–H groups in total. The van der Waals surface area contributed by atoms with Crippen molar-refractivity contribution in [2.75, 3.05) is 0 Å². The standard InChI is InChI=1S/C22H16BrN3O4S/c23-18-9-3-1-6-15(18)14-25-21(27)20(31-22(25)28)12-17-8-5-11-24(17)13-16-7-2-4-10-19(16)26(29)30/h1-12H,13-14H2/b20-12+. The molecule has 0 radical (unpaired) electrons. The molecule has 156 valence electrons. The molecule has 31 heavy (non-hydrogen) atoms. The molecule has 2 aromatic carbocycles. The Morgan fingerprint density at radius 1 is 0.968 bits per heavy atom. The van der Waals surface area contributed by atoms with Crippen molar-refractivity contribution >= 4 is 50.6 Å². The molecule has 0 saturated carbocycles. The average Bonchev–Trinajstić information content (AvgIpc) is 3.29. The van der Waals surface area contributed by atoms with Gasteiger partial charge in [-0.1, -0.05) is 52.3 Å². The largest absolute Gasteiger partial charge is 0.343 e. The summed E-state index contributed by atoms with van der Waals surface area (Å²) < 4.78 is 2.64. The van der Waals surface area contributed by atoms with Crippen LogP contribution in [0.1, 0.15) is 16.8 Å². The summed E-state index contributed by atoms with van der Waals surface area (Å²) in [5.74, 6) is -0.357. The molecule has 0 atom stereocenters. The minimum absolute atomic E-state index is 0.0379. The predicted octanol–water partition coefficient (Wildman–Crippen LogP) is 5.44. The maximum absolute atomic E-state index is 12.9. The second-order valence-electron chi connectivity index (χ2n) is 6.81. The van der Waals surface area contributed by atoms with Gasteiger partial charge in [0.05, 0.1) is 22.9 Å². The Morgan fingerprint density at radius 2 is 1.68 bits per heavy atom. The van der Waals surface area contributed by atoms with E-state index in [2.05, 4.69) is 15.9 Å². The molecule has 1 aliphatic rings. The molecule has 0 spiro atoms. The van der Waals surface area contributed by atoms with Crippen molar-refractivity contribution in [2.45, 2.75) is 13.1 Å². The molecule has 1 aliphatic heterocycles. The van der Waals surface area contributed by atoms with Gasteiger partial charge in [-0.25, -0.2) is 0 Å². The summed E-state index contributed by atoms with van der Waals surface area (Å²) in [6.07, 6.45) is 3.44. The molecule has 1 aromatic heterocycles.